The molecule has 114 valence electrons. The third-order valence-corrected chi connectivity index (χ3v) is 4.04. The summed E-state index contributed by atoms with van der Waals surface area (Å²) in [4.78, 5) is 2.41. The van der Waals surface area contributed by atoms with E-state index in [0.29, 0.717) is 0 Å². The first-order chi connectivity index (χ1) is 10.9. The number of hydrogen-bond acceptors (Lipinski definition) is 6. The summed E-state index contributed by atoms with van der Waals surface area (Å²) in [6, 6.07) is 10.2. The van der Waals surface area contributed by atoms with Gasteiger partial charge < -0.3 is 10.1 Å². The normalized spacial score (nSPS) is 16.4. The van der Waals surface area contributed by atoms with Gasteiger partial charge in [0.2, 0.25) is 0 Å². The fourth-order valence-corrected chi connectivity index (χ4v) is 2.87. The van der Waals surface area contributed by atoms with Crippen molar-refractivity contribution in [2.75, 3.05) is 44.7 Å². The number of ether oxygens (including phenoxy) is 1. The summed E-state index contributed by atoms with van der Waals surface area (Å²) in [6.07, 6.45) is 0. The number of rotatable bonds is 4. The number of tetrazole rings is 1. The van der Waals surface area contributed by atoms with E-state index >= 15 is 0 Å². The first-order valence-electron chi connectivity index (χ1n) is 7.56. The molecule has 3 aromatic rings. The Morgan fingerprint density at radius 2 is 2.05 bits per heavy atom. The van der Waals surface area contributed by atoms with Crippen LogP contribution in [-0.4, -0.2) is 64.3 Å². The number of fused-ring (bicyclic) bond motifs is 3. The predicted molar refractivity (Wildman–Crippen MR) is 84.0 cm³/mol. The Morgan fingerprint density at radius 3 is 2.95 bits per heavy atom. The zero-order valence-corrected chi connectivity index (χ0v) is 12.3. The molecule has 1 saturated heterocycles. The van der Waals surface area contributed by atoms with Crippen LogP contribution >= 0.6 is 0 Å². The highest BCUT2D eigenvalue weighted by Gasteiger charge is 2.11. The van der Waals surface area contributed by atoms with Crippen LogP contribution in [0.15, 0.2) is 30.3 Å². The van der Waals surface area contributed by atoms with E-state index in [2.05, 4.69) is 31.8 Å². The molecule has 0 radical (unpaired) electrons. The molecule has 0 saturated carbocycles. The maximum Gasteiger partial charge on any atom is 0.182 e. The van der Waals surface area contributed by atoms with Crippen molar-refractivity contribution in [1.82, 2.24) is 24.9 Å². The number of hydrogen-bond donors (Lipinski definition) is 1. The van der Waals surface area contributed by atoms with Gasteiger partial charge in [-0.3, -0.25) is 4.90 Å². The average Bonchev–Trinajstić information content (AvgIpc) is 3.04. The third kappa shape index (κ3) is 2.49. The van der Waals surface area contributed by atoms with E-state index in [9.17, 15) is 0 Å². The summed E-state index contributed by atoms with van der Waals surface area (Å²) in [5.41, 5.74) is 2.85. The summed E-state index contributed by atoms with van der Waals surface area (Å²) in [5, 5.41) is 16.5. The van der Waals surface area contributed by atoms with Crippen LogP contribution in [0.3, 0.4) is 0 Å². The van der Waals surface area contributed by atoms with E-state index in [1.807, 2.05) is 24.3 Å². The molecule has 1 N–H and O–H groups in total. The standard InChI is InChI=1S/C15H18N6O/c1-2-4-14-12(3-1)13(11-15-17-18-19-21(14)15)16-5-6-20-7-9-22-10-8-20/h1-4,11,16H,5-10H2. The summed E-state index contributed by atoms with van der Waals surface area (Å²) in [6.45, 7) is 5.58. The van der Waals surface area contributed by atoms with Gasteiger partial charge in [0.1, 0.15) is 0 Å². The quantitative estimate of drug-likeness (QED) is 0.776. The Kier molecular flexibility index (Phi) is 3.57. The Labute approximate surface area is 127 Å². The van der Waals surface area contributed by atoms with Crippen molar-refractivity contribution >= 4 is 22.2 Å². The van der Waals surface area contributed by atoms with E-state index in [1.54, 1.807) is 4.52 Å². The topological polar surface area (TPSA) is 67.6 Å². The molecule has 1 fully saturated rings. The van der Waals surface area contributed by atoms with Crippen molar-refractivity contribution in [3.63, 3.8) is 0 Å². The molecule has 7 heteroatoms. The minimum absolute atomic E-state index is 0.757. The van der Waals surface area contributed by atoms with Crippen LogP contribution in [0.2, 0.25) is 0 Å². The number of anilines is 1. The lowest BCUT2D eigenvalue weighted by Gasteiger charge is -2.26. The molecular weight excluding hydrogens is 280 g/mol. The molecule has 0 aliphatic carbocycles. The molecule has 0 amide bonds. The maximum absolute atomic E-state index is 5.37. The number of nitrogens with zero attached hydrogens (tertiary/aromatic N) is 5. The van der Waals surface area contributed by atoms with Gasteiger partial charge >= 0.3 is 0 Å². The molecule has 0 spiro atoms. The average molecular weight is 298 g/mol. The van der Waals surface area contributed by atoms with Crippen molar-refractivity contribution in [1.29, 1.82) is 0 Å². The van der Waals surface area contributed by atoms with E-state index in [1.165, 1.54) is 0 Å². The highest BCUT2D eigenvalue weighted by molar-refractivity contribution is 5.93. The second-order valence-electron chi connectivity index (χ2n) is 5.40. The second-order valence-corrected chi connectivity index (χ2v) is 5.40. The van der Waals surface area contributed by atoms with E-state index in [-0.39, 0.29) is 0 Å². The Bertz CT molecular complexity index is 780. The highest BCUT2D eigenvalue weighted by Crippen LogP contribution is 2.24. The highest BCUT2D eigenvalue weighted by atomic mass is 16.5. The van der Waals surface area contributed by atoms with Gasteiger partial charge in [-0.25, -0.2) is 0 Å². The minimum Gasteiger partial charge on any atom is -0.383 e. The Hall–Kier alpha value is -2.25. The molecule has 7 nitrogen and oxygen atoms in total. The van der Waals surface area contributed by atoms with Crippen molar-refractivity contribution in [3.05, 3.63) is 30.3 Å². The largest absolute Gasteiger partial charge is 0.383 e. The number of para-hydroxylation sites is 1. The molecule has 3 heterocycles. The molecule has 0 unspecified atom stereocenters. The van der Waals surface area contributed by atoms with Crippen molar-refractivity contribution in [2.24, 2.45) is 0 Å². The number of nitrogens with one attached hydrogen (secondary N) is 1. The van der Waals surface area contributed by atoms with Crippen molar-refractivity contribution in [3.8, 4) is 0 Å². The smallest absolute Gasteiger partial charge is 0.182 e. The lowest BCUT2D eigenvalue weighted by Crippen LogP contribution is -2.39. The SMILES string of the molecule is c1ccc2c(c1)c(NCCN1CCOCC1)cc1nnnn12. The molecule has 22 heavy (non-hydrogen) atoms. The fraction of sp³-hybridized carbons (Fsp3) is 0.400. The maximum atomic E-state index is 5.37. The summed E-state index contributed by atoms with van der Waals surface area (Å²) in [7, 11) is 0. The van der Waals surface area contributed by atoms with Gasteiger partial charge in [-0.15, -0.1) is 5.10 Å². The first kappa shape index (κ1) is 13.4. The van der Waals surface area contributed by atoms with Crippen LogP contribution in [0, 0.1) is 0 Å². The molecule has 0 atom stereocenters. The van der Waals surface area contributed by atoms with Crippen LogP contribution < -0.4 is 5.32 Å². The van der Waals surface area contributed by atoms with Crippen LogP contribution in [0.1, 0.15) is 0 Å². The zero-order chi connectivity index (χ0) is 14.8. The van der Waals surface area contributed by atoms with Gasteiger partial charge in [-0.1, -0.05) is 18.2 Å². The van der Waals surface area contributed by atoms with Crippen LogP contribution in [0.4, 0.5) is 5.69 Å². The monoisotopic (exact) mass is 298 g/mol. The molecule has 1 aliphatic heterocycles. The van der Waals surface area contributed by atoms with E-state index in [4.69, 9.17) is 4.74 Å². The molecule has 0 bridgehead atoms. The molecular formula is C15H18N6O. The lowest BCUT2D eigenvalue weighted by atomic mass is 10.2. The van der Waals surface area contributed by atoms with E-state index in [0.717, 1.165) is 61.6 Å². The number of morpholine rings is 1. The summed E-state index contributed by atoms with van der Waals surface area (Å²) < 4.78 is 7.14. The van der Waals surface area contributed by atoms with Crippen LogP contribution in [0.25, 0.3) is 16.6 Å². The predicted octanol–water partition coefficient (Wildman–Crippen LogP) is 1.02. The van der Waals surface area contributed by atoms with Gasteiger partial charge in [0.05, 0.1) is 18.7 Å². The van der Waals surface area contributed by atoms with Gasteiger partial charge in [-0.2, -0.15) is 4.52 Å². The first-order valence-corrected chi connectivity index (χ1v) is 7.56. The fourth-order valence-electron chi connectivity index (χ4n) is 2.87. The minimum atomic E-state index is 0.757. The third-order valence-electron chi connectivity index (χ3n) is 4.04. The van der Waals surface area contributed by atoms with Gasteiger partial charge in [0.25, 0.3) is 0 Å². The molecule has 1 aliphatic rings. The van der Waals surface area contributed by atoms with Crippen LogP contribution in [-0.2, 0) is 4.74 Å². The molecule has 4 rings (SSSR count). The van der Waals surface area contributed by atoms with Gasteiger partial charge in [0, 0.05) is 43.3 Å². The van der Waals surface area contributed by atoms with Crippen molar-refractivity contribution < 1.29 is 4.74 Å². The van der Waals surface area contributed by atoms with Crippen molar-refractivity contribution in [2.45, 2.75) is 0 Å². The van der Waals surface area contributed by atoms with E-state index < -0.39 is 0 Å². The van der Waals surface area contributed by atoms with Gasteiger partial charge in [-0.05, 0) is 16.5 Å². The lowest BCUT2D eigenvalue weighted by molar-refractivity contribution is 0.0398. The second kappa shape index (κ2) is 5.86. The summed E-state index contributed by atoms with van der Waals surface area (Å²) in [5.74, 6) is 0. The zero-order valence-electron chi connectivity index (χ0n) is 12.3. The number of benzene rings is 1. The number of aromatic nitrogens is 4. The van der Waals surface area contributed by atoms with Gasteiger partial charge in [0.15, 0.2) is 5.65 Å². The Morgan fingerprint density at radius 1 is 1.18 bits per heavy atom. The summed E-state index contributed by atoms with van der Waals surface area (Å²) >= 11 is 0. The van der Waals surface area contributed by atoms with Crippen LogP contribution in [0.5, 0.6) is 0 Å². The molecule has 2 aromatic heterocycles. The number of pyridine rings is 1. The Balaban J connectivity index is 1.57. The molecule has 1 aromatic carbocycles.